The minimum Gasteiger partial charge on any atom is -0.370 e. The van der Waals surface area contributed by atoms with Crippen LogP contribution >= 0.6 is 27.5 Å². The van der Waals surface area contributed by atoms with Crippen molar-refractivity contribution in [1.82, 2.24) is 9.78 Å². The van der Waals surface area contributed by atoms with Crippen LogP contribution in [0.25, 0.3) is 16.9 Å². The molecular formula is C19H17BrClN3. The Labute approximate surface area is 154 Å². The van der Waals surface area contributed by atoms with E-state index >= 15 is 0 Å². The second-order valence-electron chi connectivity index (χ2n) is 5.96. The van der Waals surface area contributed by atoms with E-state index in [9.17, 15) is 0 Å². The number of benzene rings is 2. The third-order valence-electron chi connectivity index (χ3n) is 4.30. The molecule has 0 radical (unpaired) electrons. The van der Waals surface area contributed by atoms with Crippen molar-refractivity contribution in [3.05, 3.63) is 63.6 Å². The Morgan fingerprint density at radius 2 is 1.92 bits per heavy atom. The van der Waals surface area contributed by atoms with Gasteiger partial charge in [0.25, 0.3) is 0 Å². The van der Waals surface area contributed by atoms with Crippen LogP contribution in [0.15, 0.2) is 53.0 Å². The summed E-state index contributed by atoms with van der Waals surface area (Å²) in [5.74, 6) is 1.11. The zero-order chi connectivity index (χ0) is 16.5. The van der Waals surface area contributed by atoms with E-state index in [0.717, 1.165) is 45.2 Å². The van der Waals surface area contributed by atoms with Crippen molar-refractivity contribution in [2.45, 2.75) is 19.3 Å². The van der Waals surface area contributed by atoms with Crippen LogP contribution in [0.2, 0.25) is 5.02 Å². The molecule has 0 fully saturated rings. The molecular weight excluding hydrogens is 386 g/mol. The lowest BCUT2D eigenvalue weighted by Gasteiger charge is -2.09. The van der Waals surface area contributed by atoms with Crippen LogP contribution in [-0.2, 0) is 6.42 Å². The third-order valence-corrected chi connectivity index (χ3v) is 5.05. The van der Waals surface area contributed by atoms with E-state index in [-0.39, 0.29) is 0 Å². The molecule has 0 saturated carbocycles. The summed E-state index contributed by atoms with van der Waals surface area (Å²) in [5, 5.41) is 9.25. The van der Waals surface area contributed by atoms with Crippen molar-refractivity contribution in [3.63, 3.8) is 0 Å². The quantitative estimate of drug-likeness (QED) is 0.595. The number of hydrogen-bond acceptors (Lipinski definition) is 2. The maximum Gasteiger partial charge on any atom is 0.133 e. The van der Waals surface area contributed by atoms with E-state index < -0.39 is 0 Å². The van der Waals surface area contributed by atoms with Crippen molar-refractivity contribution in [1.29, 1.82) is 0 Å². The smallest absolute Gasteiger partial charge is 0.133 e. The third kappa shape index (κ3) is 2.96. The fraction of sp³-hybridized carbons (Fsp3) is 0.211. The molecule has 0 atom stereocenters. The normalized spacial score (nSPS) is 13.9. The van der Waals surface area contributed by atoms with Gasteiger partial charge in [0.05, 0.1) is 11.4 Å². The first-order chi connectivity index (χ1) is 11.7. The molecule has 4 rings (SSSR count). The number of anilines is 1. The van der Waals surface area contributed by atoms with E-state index in [1.54, 1.807) is 0 Å². The van der Waals surface area contributed by atoms with Gasteiger partial charge in [-0.05, 0) is 49.6 Å². The summed E-state index contributed by atoms with van der Waals surface area (Å²) in [4.78, 5) is 0. The number of nitrogens with zero attached hydrogens (tertiary/aromatic N) is 2. The Balaban J connectivity index is 1.90. The highest BCUT2D eigenvalue weighted by Gasteiger charge is 2.21. The Bertz CT molecular complexity index is 871. The minimum atomic E-state index is 0.745. The Kier molecular flexibility index (Phi) is 4.33. The zero-order valence-electron chi connectivity index (χ0n) is 13.1. The van der Waals surface area contributed by atoms with E-state index in [2.05, 4.69) is 33.4 Å². The zero-order valence-corrected chi connectivity index (χ0v) is 15.4. The van der Waals surface area contributed by atoms with Gasteiger partial charge in [-0.15, -0.1) is 0 Å². The van der Waals surface area contributed by atoms with Crippen LogP contribution in [0, 0.1) is 0 Å². The van der Waals surface area contributed by atoms with Crippen molar-refractivity contribution in [2.75, 3.05) is 11.9 Å². The first-order valence-electron chi connectivity index (χ1n) is 8.10. The van der Waals surface area contributed by atoms with Gasteiger partial charge in [0.15, 0.2) is 0 Å². The molecule has 24 heavy (non-hydrogen) atoms. The lowest BCUT2D eigenvalue weighted by Crippen LogP contribution is -2.07. The SMILES string of the molecule is Clc1ccc(-c2nn(-c3cccc(Br)c3)c3c2CCCCN3)cc1. The fourth-order valence-electron chi connectivity index (χ4n) is 3.14. The van der Waals surface area contributed by atoms with Gasteiger partial charge in [-0.1, -0.05) is 45.7 Å². The average molecular weight is 403 g/mol. The molecule has 0 bridgehead atoms. The number of halogens is 2. The van der Waals surface area contributed by atoms with Gasteiger partial charge in [-0.25, -0.2) is 4.68 Å². The maximum absolute atomic E-state index is 6.04. The largest absolute Gasteiger partial charge is 0.370 e. The topological polar surface area (TPSA) is 29.9 Å². The predicted molar refractivity (Wildman–Crippen MR) is 103 cm³/mol. The monoisotopic (exact) mass is 401 g/mol. The van der Waals surface area contributed by atoms with Crippen LogP contribution in [0.3, 0.4) is 0 Å². The Morgan fingerprint density at radius 3 is 2.71 bits per heavy atom. The second-order valence-corrected chi connectivity index (χ2v) is 7.31. The fourth-order valence-corrected chi connectivity index (χ4v) is 3.65. The summed E-state index contributed by atoms with van der Waals surface area (Å²) < 4.78 is 3.07. The molecule has 3 nitrogen and oxygen atoms in total. The molecule has 2 aromatic carbocycles. The molecule has 1 aliphatic heterocycles. The summed E-state index contributed by atoms with van der Waals surface area (Å²) in [6.45, 7) is 0.979. The van der Waals surface area contributed by atoms with Gasteiger partial charge < -0.3 is 5.32 Å². The number of rotatable bonds is 2. The van der Waals surface area contributed by atoms with Gasteiger partial charge >= 0.3 is 0 Å². The summed E-state index contributed by atoms with van der Waals surface area (Å²) in [5.41, 5.74) is 4.48. The molecule has 0 spiro atoms. The number of hydrogen-bond donors (Lipinski definition) is 1. The van der Waals surface area contributed by atoms with Crippen molar-refractivity contribution in [3.8, 4) is 16.9 Å². The average Bonchev–Trinajstić information content (AvgIpc) is 2.77. The number of nitrogens with one attached hydrogen (secondary N) is 1. The molecule has 1 N–H and O–H groups in total. The summed E-state index contributed by atoms with van der Waals surface area (Å²) in [7, 11) is 0. The summed E-state index contributed by atoms with van der Waals surface area (Å²) in [6, 6.07) is 16.2. The van der Waals surface area contributed by atoms with Crippen molar-refractivity contribution in [2.24, 2.45) is 0 Å². The molecule has 2 heterocycles. The van der Waals surface area contributed by atoms with Crippen LogP contribution < -0.4 is 5.32 Å². The molecule has 1 aromatic heterocycles. The van der Waals surface area contributed by atoms with E-state index in [1.807, 2.05) is 41.1 Å². The van der Waals surface area contributed by atoms with E-state index in [0.29, 0.717) is 0 Å². The first-order valence-corrected chi connectivity index (χ1v) is 9.27. The van der Waals surface area contributed by atoms with Gasteiger partial charge in [0, 0.05) is 27.2 Å². The van der Waals surface area contributed by atoms with Crippen LogP contribution in [0.1, 0.15) is 18.4 Å². The molecule has 0 saturated heterocycles. The Hall–Kier alpha value is -1.78. The van der Waals surface area contributed by atoms with Gasteiger partial charge in [-0.2, -0.15) is 5.10 Å². The minimum absolute atomic E-state index is 0.745. The number of aromatic nitrogens is 2. The predicted octanol–water partition coefficient (Wildman–Crippen LogP) is 5.70. The maximum atomic E-state index is 6.04. The summed E-state index contributed by atoms with van der Waals surface area (Å²) >= 11 is 9.60. The molecule has 0 aliphatic carbocycles. The second kappa shape index (κ2) is 6.61. The van der Waals surface area contributed by atoms with E-state index in [4.69, 9.17) is 16.7 Å². The highest BCUT2D eigenvalue weighted by molar-refractivity contribution is 9.10. The van der Waals surface area contributed by atoms with Gasteiger partial charge in [-0.3, -0.25) is 0 Å². The van der Waals surface area contributed by atoms with E-state index in [1.165, 1.54) is 18.4 Å². The molecule has 5 heteroatoms. The van der Waals surface area contributed by atoms with Crippen LogP contribution in [0.5, 0.6) is 0 Å². The molecule has 0 amide bonds. The number of fused-ring (bicyclic) bond motifs is 1. The van der Waals surface area contributed by atoms with Crippen molar-refractivity contribution >= 4 is 33.3 Å². The standard InChI is InChI=1S/C19H17BrClN3/c20-14-4-3-5-16(12-14)24-19-17(6-1-2-11-22-19)18(23-24)13-7-9-15(21)10-8-13/h3-5,7-10,12,22H,1-2,6,11H2. The highest BCUT2D eigenvalue weighted by Crippen LogP contribution is 2.34. The highest BCUT2D eigenvalue weighted by atomic mass is 79.9. The van der Waals surface area contributed by atoms with Gasteiger partial charge in [0.2, 0.25) is 0 Å². The van der Waals surface area contributed by atoms with Crippen LogP contribution in [0.4, 0.5) is 5.82 Å². The lowest BCUT2D eigenvalue weighted by atomic mass is 10.0. The first kappa shape index (κ1) is 15.7. The van der Waals surface area contributed by atoms with Crippen LogP contribution in [-0.4, -0.2) is 16.3 Å². The van der Waals surface area contributed by atoms with Crippen molar-refractivity contribution < 1.29 is 0 Å². The molecule has 1 aliphatic rings. The molecule has 0 unspecified atom stereocenters. The summed E-state index contributed by atoms with van der Waals surface area (Å²) in [6.07, 6.45) is 3.38. The Morgan fingerprint density at radius 1 is 1.08 bits per heavy atom. The molecule has 3 aromatic rings. The molecule has 122 valence electrons. The lowest BCUT2D eigenvalue weighted by molar-refractivity contribution is 0.780. The van der Waals surface area contributed by atoms with Gasteiger partial charge in [0.1, 0.15) is 5.82 Å².